The Kier molecular flexibility index (Phi) is 7.01. The zero-order valence-corrected chi connectivity index (χ0v) is 19.0. The van der Waals surface area contributed by atoms with Gasteiger partial charge >= 0.3 is 0 Å². The summed E-state index contributed by atoms with van der Waals surface area (Å²) in [6, 6.07) is 13.4. The van der Waals surface area contributed by atoms with Crippen LogP contribution in [-0.2, 0) is 10.2 Å². The van der Waals surface area contributed by atoms with Crippen molar-refractivity contribution in [1.82, 2.24) is 0 Å². The Labute approximate surface area is 172 Å². The minimum absolute atomic E-state index is 0.0146. The molecule has 0 aliphatic carbocycles. The summed E-state index contributed by atoms with van der Waals surface area (Å²) >= 11 is 0. The van der Waals surface area contributed by atoms with E-state index in [-0.39, 0.29) is 12.2 Å². The lowest BCUT2D eigenvalue weighted by Gasteiger charge is -2.31. The smallest absolute Gasteiger partial charge is 0.188 e. The largest absolute Gasteiger partial charge is 0.467 e. The molecule has 0 aromatic heterocycles. The fraction of sp³-hybridized carbons (Fsp3) is 0.500. The van der Waals surface area contributed by atoms with Crippen LogP contribution in [0.3, 0.4) is 0 Å². The second kappa shape index (κ2) is 9.29. The van der Waals surface area contributed by atoms with E-state index in [1.807, 2.05) is 0 Å². The maximum absolute atomic E-state index is 6.13. The van der Waals surface area contributed by atoms with Gasteiger partial charge in [-0.15, -0.1) is 0 Å². The van der Waals surface area contributed by atoms with Gasteiger partial charge in [0.2, 0.25) is 0 Å². The molecule has 1 unspecified atom stereocenters. The summed E-state index contributed by atoms with van der Waals surface area (Å²) in [5, 5.41) is 2.67. The molecule has 0 bridgehead atoms. The van der Waals surface area contributed by atoms with Crippen LogP contribution in [-0.4, -0.2) is 27.0 Å². The Morgan fingerprint density at radius 2 is 1.71 bits per heavy atom. The minimum Gasteiger partial charge on any atom is -0.467 e. The number of rotatable bonds is 6. The third kappa shape index (κ3) is 5.07. The molecule has 0 N–H and O–H groups in total. The summed E-state index contributed by atoms with van der Waals surface area (Å²) in [7, 11) is 2.24. The van der Waals surface area contributed by atoms with Gasteiger partial charge in [-0.2, -0.15) is 0 Å². The van der Waals surface area contributed by atoms with Crippen LogP contribution in [0.5, 0.6) is 5.75 Å². The summed E-state index contributed by atoms with van der Waals surface area (Å²) < 4.78 is 11.4. The summed E-state index contributed by atoms with van der Waals surface area (Å²) in [4.78, 5) is 2.56. The van der Waals surface area contributed by atoms with Gasteiger partial charge in [-0.3, -0.25) is 0 Å². The van der Waals surface area contributed by atoms with Crippen molar-refractivity contribution in [2.45, 2.75) is 52.4 Å². The van der Waals surface area contributed by atoms with Gasteiger partial charge in [0.25, 0.3) is 0 Å². The van der Waals surface area contributed by atoms with Crippen molar-refractivity contribution in [2.75, 3.05) is 31.9 Å². The van der Waals surface area contributed by atoms with Crippen molar-refractivity contribution in [3.63, 3.8) is 0 Å². The van der Waals surface area contributed by atoms with Crippen LogP contribution in [0.15, 0.2) is 36.4 Å². The maximum Gasteiger partial charge on any atom is 0.188 e. The van der Waals surface area contributed by atoms with Crippen molar-refractivity contribution in [1.29, 1.82) is 0 Å². The summed E-state index contributed by atoms with van der Waals surface area (Å²) in [6.07, 6.45) is 3.93. The number of methoxy groups -OCH3 is 1. The number of hydrogen-bond donors (Lipinski definition) is 0. The molecule has 2 aromatic rings. The molecule has 0 radical (unpaired) electrons. The molecule has 1 heterocycles. The van der Waals surface area contributed by atoms with Crippen LogP contribution in [0.2, 0.25) is 0 Å². The normalized spacial score (nSPS) is 15.4. The molecule has 28 heavy (non-hydrogen) atoms. The maximum atomic E-state index is 6.13. The summed E-state index contributed by atoms with van der Waals surface area (Å²) in [6.45, 7) is 11.5. The number of para-hydroxylation sites is 1. The number of hydrogen-bond acceptors (Lipinski definition) is 3. The fourth-order valence-electron chi connectivity index (χ4n) is 3.83. The number of aryl methyl sites for hydroxylation is 1. The molecule has 0 saturated carbocycles. The summed E-state index contributed by atoms with van der Waals surface area (Å²) in [5.41, 5.74) is 3.94. The van der Waals surface area contributed by atoms with E-state index in [1.165, 1.54) is 46.7 Å². The first-order chi connectivity index (χ1) is 13.4. The quantitative estimate of drug-likeness (QED) is 0.510. The van der Waals surface area contributed by atoms with Gasteiger partial charge in [0.15, 0.2) is 6.79 Å². The van der Waals surface area contributed by atoms with Crippen LogP contribution in [0.25, 0.3) is 0 Å². The first-order valence-corrected chi connectivity index (χ1v) is 11.3. The molecule has 2 aromatic carbocycles. The van der Waals surface area contributed by atoms with E-state index in [1.54, 1.807) is 7.11 Å². The van der Waals surface area contributed by atoms with Gasteiger partial charge in [0.1, 0.15) is 5.75 Å². The lowest BCUT2D eigenvalue weighted by Crippen LogP contribution is -2.32. The molecular formula is C24H34NO2P. The highest BCUT2D eigenvalue weighted by Crippen LogP contribution is 2.35. The van der Waals surface area contributed by atoms with Crippen LogP contribution >= 0.6 is 8.58 Å². The molecule has 152 valence electrons. The van der Waals surface area contributed by atoms with Gasteiger partial charge in [-0.25, -0.2) is 0 Å². The van der Waals surface area contributed by atoms with Crippen molar-refractivity contribution in [2.24, 2.45) is 0 Å². The van der Waals surface area contributed by atoms with Crippen molar-refractivity contribution in [3.05, 3.63) is 47.5 Å². The molecule has 1 saturated heterocycles. The number of nitrogens with zero attached hydrogens (tertiary/aromatic N) is 1. The molecule has 3 nitrogen and oxygen atoms in total. The van der Waals surface area contributed by atoms with Crippen LogP contribution in [0.4, 0.5) is 5.69 Å². The minimum atomic E-state index is 0.0146. The van der Waals surface area contributed by atoms with E-state index in [0.717, 1.165) is 18.8 Å². The van der Waals surface area contributed by atoms with Crippen molar-refractivity contribution in [3.8, 4) is 5.75 Å². The average Bonchev–Trinajstić information content (AvgIpc) is 2.67. The van der Waals surface area contributed by atoms with E-state index >= 15 is 0 Å². The van der Waals surface area contributed by atoms with Gasteiger partial charge < -0.3 is 14.4 Å². The van der Waals surface area contributed by atoms with E-state index < -0.39 is 0 Å². The zero-order chi connectivity index (χ0) is 20.1. The Morgan fingerprint density at radius 1 is 1.00 bits per heavy atom. The third-order valence-corrected chi connectivity index (χ3v) is 6.57. The highest BCUT2D eigenvalue weighted by molar-refractivity contribution is 7.56. The highest BCUT2D eigenvalue weighted by Gasteiger charge is 2.23. The lowest BCUT2D eigenvalue weighted by atomic mass is 9.85. The Bertz CT molecular complexity index is 792. The topological polar surface area (TPSA) is 21.7 Å². The zero-order valence-electron chi connectivity index (χ0n) is 18.0. The highest BCUT2D eigenvalue weighted by atomic mass is 31.1. The Morgan fingerprint density at radius 3 is 2.39 bits per heavy atom. The van der Waals surface area contributed by atoms with Gasteiger partial charge in [0, 0.05) is 42.1 Å². The lowest BCUT2D eigenvalue weighted by molar-refractivity contribution is 0.0506. The standard InChI is InChI=1S/C24H34NO2P/c1-18-15-19(24(2,3)4)23(27-17-26-5)22(16-18)28-21-12-8-7-11-20(21)25-13-9-6-10-14-25/h7-8,11-12,15-16,28H,6,9-10,13-14,17H2,1-5H3. The molecular weight excluding hydrogens is 365 g/mol. The second-order valence-electron chi connectivity index (χ2n) is 8.68. The summed E-state index contributed by atoms with van der Waals surface area (Å²) in [5.74, 6) is 0.992. The van der Waals surface area contributed by atoms with Crippen molar-refractivity contribution >= 4 is 24.9 Å². The number of ether oxygens (including phenoxy) is 2. The van der Waals surface area contributed by atoms with Gasteiger partial charge in [-0.1, -0.05) is 53.6 Å². The number of anilines is 1. The molecule has 3 rings (SSSR count). The Hall–Kier alpha value is -1.57. The SMILES string of the molecule is COCOc1c(Pc2ccccc2N2CCCCC2)cc(C)cc1C(C)(C)C. The monoisotopic (exact) mass is 399 g/mol. The molecule has 1 atom stereocenters. The van der Waals surface area contributed by atoms with E-state index in [4.69, 9.17) is 9.47 Å². The fourth-order valence-corrected chi connectivity index (χ4v) is 5.29. The van der Waals surface area contributed by atoms with Crippen molar-refractivity contribution < 1.29 is 9.47 Å². The van der Waals surface area contributed by atoms with Gasteiger partial charge in [0.05, 0.1) is 0 Å². The molecule has 4 heteroatoms. The predicted molar refractivity (Wildman–Crippen MR) is 122 cm³/mol. The average molecular weight is 400 g/mol. The molecule has 1 aliphatic heterocycles. The number of piperidine rings is 1. The van der Waals surface area contributed by atoms with E-state index in [2.05, 4.69) is 69.0 Å². The first-order valence-electron chi connectivity index (χ1n) is 10.3. The van der Waals surface area contributed by atoms with Crippen LogP contribution in [0.1, 0.15) is 51.2 Å². The first kappa shape index (κ1) is 21.1. The molecule has 0 spiro atoms. The van der Waals surface area contributed by atoms with E-state index in [0.29, 0.717) is 8.58 Å². The molecule has 1 aliphatic rings. The molecule has 0 amide bonds. The number of benzene rings is 2. The molecule has 1 fully saturated rings. The van der Waals surface area contributed by atoms with E-state index in [9.17, 15) is 0 Å². The van der Waals surface area contributed by atoms with Crippen LogP contribution < -0.4 is 20.2 Å². The van der Waals surface area contributed by atoms with Crippen LogP contribution in [0, 0.1) is 6.92 Å². The third-order valence-electron chi connectivity index (χ3n) is 5.23. The Balaban J connectivity index is 2.01. The second-order valence-corrected chi connectivity index (χ2v) is 10.0. The predicted octanol–water partition coefficient (Wildman–Crippen LogP) is 4.89. The van der Waals surface area contributed by atoms with Gasteiger partial charge in [-0.05, 0) is 49.3 Å².